The Labute approximate surface area is 238 Å². The minimum atomic E-state index is -0.212. The van der Waals surface area contributed by atoms with Gasteiger partial charge in [0, 0.05) is 15.1 Å². The van der Waals surface area contributed by atoms with Gasteiger partial charge in [-0.3, -0.25) is 9.69 Å². The van der Waals surface area contributed by atoms with Crippen molar-refractivity contribution >= 4 is 85.1 Å². The Morgan fingerprint density at radius 2 is 1.89 bits per heavy atom. The van der Waals surface area contributed by atoms with Crippen molar-refractivity contribution in [3.8, 4) is 11.5 Å². The molecule has 1 fully saturated rings. The molecule has 4 rings (SSSR count). The number of halogens is 3. The van der Waals surface area contributed by atoms with Gasteiger partial charge < -0.3 is 9.47 Å². The van der Waals surface area contributed by atoms with E-state index in [1.165, 1.54) is 16.7 Å². The molecule has 4 nitrogen and oxygen atoms in total. The quantitative estimate of drug-likeness (QED) is 0.143. The number of carbonyl (C=O) groups is 1. The molecule has 0 unspecified atom stereocenters. The predicted molar refractivity (Wildman–Crippen MR) is 157 cm³/mol. The smallest absolute Gasteiger partial charge is 0.270 e. The average Bonchev–Trinajstić information content (AvgIpc) is 3.13. The largest absolute Gasteiger partial charge is 0.493 e. The van der Waals surface area contributed by atoms with Crippen LogP contribution in [-0.2, 0) is 17.8 Å². The Kier molecular flexibility index (Phi) is 8.80. The summed E-state index contributed by atoms with van der Waals surface area (Å²) in [5.41, 5.74) is 3.27. The summed E-state index contributed by atoms with van der Waals surface area (Å²) in [6.07, 6.45) is 4.16. The monoisotopic (exact) mass is 619 g/mol. The van der Waals surface area contributed by atoms with Crippen molar-refractivity contribution in [3.63, 3.8) is 0 Å². The number of methoxy groups -OCH3 is 1. The molecule has 0 bridgehead atoms. The van der Waals surface area contributed by atoms with Crippen molar-refractivity contribution < 1.29 is 14.3 Å². The highest BCUT2D eigenvalue weighted by atomic mass is 79.9. The fraction of sp³-hybridized carbons (Fsp3) is 0.111. The van der Waals surface area contributed by atoms with Gasteiger partial charge in [-0.1, -0.05) is 65.4 Å². The summed E-state index contributed by atoms with van der Waals surface area (Å²) in [4.78, 5) is 15.2. The highest BCUT2D eigenvalue weighted by Gasteiger charge is 2.33. The van der Waals surface area contributed by atoms with Crippen LogP contribution in [0.3, 0.4) is 0 Å². The summed E-state index contributed by atoms with van der Waals surface area (Å²) >= 11 is 22.3. The lowest BCUT2D eigenvalue weighted by Crippen LogP contribution is -2.27. The summed E-state index contributed by atoms with van der Waals surface area (Å²) in [5.74, 6) is 0.974. The number of ether oxygens (including phenoxy) is 2. The van der Waals surface area contributed by atoms with E-state index in [0.29, 0.717) is 49.5 Å². The number of hydrogen-bond donors (Lipinski definition) is 0. The van der Waals surface area contributed by atoms with Crippen LogP contribution in [0.2, 0.25) is 10.0 Å². The van der Waals surface area contributed by atoms with Gasteiger partial charge in [-0.15, -0.1) is 6.58 Å². The lowest BCUT2D eigenvalue weighted by atomic mass is 10.0. The molecule has 3 aromatic rings. The molecule has 1 aliphatic rings. The molecular formula is C27H20BrCl2NO3S2. The highest BCUT2D eigenvalue weighted by molar-refractivity contribution is 9.10. The molecule has 0 aliphatic carbocycles. The first kappa shape index (κ1) is 26.8. The van der Waals surface area contributed by atoms with E-state index in [2.05, 4.69) is 22.5 Å². The van der Waals surface area contributed by atoms with E-state index in [9.17, 15) is 4.79 Å². The molecule has 0 aromatic heterocycles. The van der Waals surface area contributed by atoms with E-state index in [1.807, 2.05) is 36.4 Å². The first-order chi connectivity index (χ1) is 17.3. The lowest BCUT2D eigenvalue weighted by molar-refractivity contribution is -0.113. The number of nitrogens with zero attached hydrogens (tertiary/aromatic N) is 1. The second-order valence-electron chi connectivity index (χ2n) is 7.73. The zero-order chi connectivity index (χ0) is 25.8. The van der Waals surface area contributed by atoms with E-state index in [-0.39, 0.29) is 5.91 Å². The minimum absolute atomic E-state index is 0.212. The van der Waals surface area contributed by atoms with Crippen LogP contribution in [0.15, 0.2) is 76.6 Å². The Morgan fingerprint density at radius 1 is 1.14 bits per heavy atom. The topological polar surface area (TPSA) is 38.8 Å². The Balaban J connectivity index is 1.64. The molecular weight excluding hydrogens is 601 g/mol. The number of carbonyl (C=O) groups excluding carboxylic acids is 1. The molecule has 0 atom stereocenters. The summed E-state index contributed by atoms with van der Waals surface area (Å²) in [7, 11) is 1.59. The van der Waals surface area contributed by atoms with Crippen molar-refractivity contribution in [2.24, 2.45) is 0 Å². The minimum Gasteiger partial charge on any atom is -0.493 e. The Bertz CT molecular complexity index is 1380. The third-order valence-corrected chi connectivity index (χ3v) is 8.07. The Morgan fingerprint density at radius 3 is 2.56 bits per heavy atom. The summed E-state index contributed by atoms with van der Waals surface area (Å²) in [5, 5.41) is 1.17. The molecule has 0 saturated carbocycles. The van der Waals surface area contributed by atoms with Crippen LogP contribution in [0.4, 0.5) is 5.69 Å². The van der Waals surface area contributed by atoms with Crippen molar-refractivity contribution in [1.29, 1.82) is 0 Å². The maximum absolute atomic E-state index is 13.2. The van der Waals surface area contributed by atoms with Crippen LogP contribution in [0.1, 0.15) is 16.7 Å². The summed E-state index contributed by atoms with van der Waals surface area (Å²) in [6, 6.07) is 16.6. The first-order valence-corrected chi connectivity index (χ1v) is 13.5. The zero-order valence-electron chi connectivity index (χ0n) is 19.1. The molecule has 3 aromatic carbocycles. The van der Waals surface area contributed by atoms with Gasteiger partial charge in [0.05, 0.1) is 22.7 Å². The van der Waals surface area contributed by atoms with Gasteiger partial charge in [0.25, 0.3) is 5.91 Å². The number of amides is 1. The number of thiocarbonyl (C=S) groups is 1. The van der Waals surface area contributed by atoms with Gasteiger partial charge in [-0.25, -0.2) is 0 Å². The maximum Gasteiger partial charge on any atom is 0.270 e. The predicted octanol–water partition coefficient (Wildman–Crippen LogP) is 8.48. The van der Waals surface area contributed by atoms with Crippen molar-refractivity contribution in [3.05, 3.63) is 103 Å². The number of anilines is 1. The third kappa shape index (κ3) is 5.98. The van der Waals surface area contributed by atoms with Gasteiger partial charge in [-0.05, 0) is 82.0 Å². The molecule has 184 valence electrons. The van der Waals surface area contributed by atoms with Gasteiger partial charge in [0.2, 0.25) is 0 Å². The number of hydrogen-bond acceptors (Lipinski definition) is 5. The number of thioether (sulfide) groups is 1. The number of allylic oxidation sites excluding steroid dienone is 1. The van der Waals surface area contributed by atoms with E-state index in [1.54, 1.807) is 37.5 Å². The van der Waals surface area contributed by atoms with E-state index in [4.69, 9.17) is 44.9 Å². The summed E-state index contributed by atoms with van der Waals surface area (Å²) < 4.78 is 13.0. The molecule has 0 radical (unpaired) electrons. The Hall–Kier alpha value is -2.29. The molecule has 0 spiro atoms. The molecule has 1 aliphatic heterocycles. The molecule has 1 amide bonds. The lowest BCUT2D eigenvalue weighted by Gasteiger charge is -2.16. The van der Waals surface area contributed by atoms with Crippen molar-refractivity contribution in [2.45, 2.75) is 13.0 Å². The van der Waals surface area contributed by atoms with E-state index in [0.717, 1.165) is 21.2 Å². The number of benzene rings is 3. The molecule has 1 heterocycles. The fourth-order valence-electron chi connectivity index (χ4n) is 3.59. The van der Waals surface area contributed by atoms with Crippen molar-refractivity contribution in [2.75, 3.05) is 12.0 Å². The van der Waals surface area contributed by atoms with Crippen LogP contribution >= 0.6 is 63.1 Å². The average molecular weight is 621 g/mol. The molecule has 36 heavy (non-hydrogen) atoms. The molecule has 0 N–H and O–H groups in total. The van der Waals surface area contributed by atoms with Crippen molar-refractivity contribution in [1.82, 2.24) is 0 Å². The molecule has 1 saturated heterocycles. The van der Waals surface area contributed by atoms with Gasteiger partial charge in [-0.2, -0.15) is 0 Å². The van der Waals surface area contributed by atoms with Crippen LogP contribution in [0.25, 0.3) is 6.08 Å². The SMILES string of the molecule is C=CCc1cc(/C=C2\SC(=S)N(c3ccc(Br)c(Cl)c3)C2=O)cc(OC)c1OCc1ccc(Cl)cc1. The fourth-order valence-corrected chi connectivity index (χ4v) is 5.44. The van der Waals surface area contributed by atoms with Crippen LogP contribution in [-0.4, -0.2) is 17.3 Å². The maximum atomic E-state index is 13.2. The molecule has 9 heteroatoms. The normalized spacial score (nSPS) is 14.4. The van der Waals surface area contributed by atoms with Crippen LogP contribution in [0.5, 0.6) is 11.5 Å². The summed E-state index contributed by atoms with van der Waals surface area (Å²) in [6.45, 7) is 4.22. The van der Waals surface area contributed by atoms with Crippen LogP contribution in [0, 0.1) is 0 Å². The first-order valence-electron chi connectivity index (χ1n) is 10.7. The van der Waals surface area contributed by atoms with Gasteiger partial charge >= 0.3 is 0 Å². The number of rotatable bonds is 8. The second-order valence-corrected chi connectivity index (χ2v) is 11.1. The van der Waals surface area contributed by atoms with E-state index >= 15 is 0 Å². The van der Waals surface area contributed by atoms with Gasteiger partial charge in [0.15, 0.2) is 15.8 Å². The third-order valence-electron chi connectivity index (χ3n) is 5.29. The van der Waals surface area contributed by atoms with E-state index < -0.39 is 0 Å². The van der Waals surface area contributed by atoms with Crippen LogP contribution < -0.4 is 14.4 Å². The highest BCUT2D eigenvalue weighted by Crippen LogP contribution is 2.40. The standard InChI is InChI=1S/C27H20BrCl2NO3S2/c1-3-4-18-11-17(12-23(33-2)25(18)34-15-16-5-7-19(29)8-6-16)13-24-26(32)31(27(35)36-24)20-9-10-21(28)22(30)14-20/h3,5-14H,1,4,15H2,2H3/b24-13-. The second kappa shape index (κ2) is 11.8. The zero-order valence-corrected chi connectivity index (χ0v) is 23.8. The van der Waals surface area contributed by atoms with Gasteiger partial charge in [0.1, 0.15) is 6.61 Å².